The summed E-state index contributed by atoms with van der Waals surface area (Å²) in [5, 5.41) is 0. The Morgan fingerprint density at radius 2 is 1.71 bits per heavy atom. The number of hydrogen-bond acceptors (Lipinski definition) is 1. The summed E-state index contributed by atoms with van der Waals surface area (Å²) in [6.07, 6.45) is 4.03. The number of alkyl halides is 1. The van der Waals surface area contributed by atoms with Crippen LogP contribution in [0.4, 0.5) is 0 Å². The maximum absolute atomic E-state index is 13.0. The summed E-state index contributed by atoms with van der Waals surface area (Å²) in [7, 11) is 0. The van der Waals surface area contributed by atoms with Gasteiger partial charge in [-0.1, -0.05) is 70.5 Å². The molecule has 2 aromatic rings. The van der Waals surface area contributed by atoms with Crippen LogP contribution in [0, 0.1) is 0 Å². The molecule has 0 aliphatic heterocycles. The molecule has 0 N–H and O–H groups in total. The first-order valence-electron chi connectivity index (χ1n) is 8.28. The first kappa shape index (κ1) is 17.0. The minimum Gasteiger partial charge on any atom is -0.311 e. The molecule has 0 bridgehead atoms. The third-order valence-electron chi connectivity index (χ3n) is 4.31. The number of carbonyl (C=O) groups excluding carboxylic acids is 1. The van der Waals surface area contributed by atoms with E-state index in [0.29, 0.717) is 6.54 Å². The van der Waals surface area contributed by atoms with Crippen molar-refractivity contribution in [3.05, 3.63) is 77.0 Å². The van der Waals surface area contributed by atoms with Crippen molar-refractivity contribution in [2.75, 3.05) is 0 Å². The van der Waals surface area contributed by atoms with Crippen LogP contribution in [0.2, 0.25) is 0 Å². The minimum absolute atomic E-state index is 0.0944. The second kappa shape index (κ2) is 6.94. The summed E-state index contributed by atoms with van der Waals surface area (Å²) < 4.78 is -0.584. The van der Waals surface area contributed by atoms with Gasteiger partial charge in [0.15, 0.2) is 0 Å². The number of carbonyl (C=O) groups is 1. The van der Waals surface area contributed by atoms with Crippen molar-refractivity contribution in [3.63, 3.8) is 0 Å². The van der Waals surface area contributed by atoms with E-state index >= 15 is 0 Å². The molecule has 0 heterocycles. The standard InChI is InChI=1S/C21H22BrNO/c1-21(2,22)20(24)23(15-16-8-4-3-5-9-16)19-13-12-17-10-6-7-11-18(17)14-19/h3-11,14H,12-13,15H2,1-2H3. The van der Waals surface area contributed by atoms with Crippen LogP contribution in [0.3, 0.4) is 0 Å². The quantitative estimate of drug-likeness (QED) is 0.666. The Morgan fingerprint density at radius 3 is 2.42 bits per heavy atom. The van der Waals surface area contributed by atoms with Gasteiger partial charge in [0.25, 0.3) is 0 Å². The zero-order valence-corrected chi connectivity index (χ0v) is 15.7. The summed E-state index contributed by atoms with van der Waals surface area (Å²) in [6, 6.07) is 18.6. The SMILES string of the molecule is CC(C)(Br)C(=O)N(Cc1ccccc1)C1=Cc2ccccc2CC1. The van der Waals surface area contributed by atoms with Crippen LogP contribution in [0.1, 0.15) is 37.0 Å². The Hall–Kier alpha value is -1.87. The highest BCUT2D eigenvalue weighted by atomic mass is 79.9. The highest BCUT2D eigenvalue weighted by Crippen LogP contribution is 2.30. The molecule has 24 heavy (non-hydrogen) atoms. The van der Waals surface area contributed by atoms with Gasteiger partial charge >= 0.3 is 0 Å². The number of aryl methyl sites for hydroxylation is 1. The second-order valence-electron chi connectivity index (χ2n) is 6.68. The highest BCUT2D eigenvalue weighted by molar-refractivity contribution is 9.10. The maximum atomic E-state index is 13.0. The van der Waals surface area contributed by atoms with Gasteiger partial charge in [0.1, 0.15) is 0 Å². The van der Waals surface area contributed by atoms with Crippen molar-refractivity contribution in [3.8, 4) is 0 Å². The Bertz CT molecular complexity index is 759. The number of nitrogens with zero attached hydrogens (tertiary/aromatic N) is 1. The molecule has 0 fully saturated rings. The smallest absolute Gasteiger partial charge is 0.243 e. The van der Waals surface area contributed by atoms with Crippen molar-refractivity contribution < 1.29 is 4.79 Å². The zero-order chi connectivity index (χ0) is 17.2. The van der Waals surface area contributed by atoms with Crippen LogP contribution in [0.25, 0.3) is 6.08 Å². The van der Waals surface area contributed by atoms with Crippen molar-refractivity contribution in [1.82, 2.24) is 4.90 Å². The van der Waals surface area contributed by atoms with Gasteiger partial charge in [-0.2, -0.15) is 0 Å². The van der Waals surface area contributed by atoms with E-state index in [1.807, 2.05) is 36.9 Å². The highest BCUT2D eigenvalue weighted by Gasteiger charge is 2.31. The number of fused-ring (bicyclic) bond motifs is 1. The van der Waals surface area contributed by atoms with Crippen LogP contribution < -0.4 is 0 Å². The lowest BCUT2D eigenvalue weighted by molar-refractivity contribution is -0.131. The zero-order valence-electron chi connectivity index (χ0n) is 14.1. The molecule has 1 aliphatic carbocycles. The summed E-state index contributed by atoms with van der Waals surface area (Å²) in [4.78, 5) is 14.9. The molecular weight excluding hydrogens is 362 g/mol. The number of amides is 1. The van der Waals surface area contributed by atoms with Crippen LogP contribution in [0.15, 0.2) is 60.3 Å². The summed E-state index contributed by atoms with van der Waals surface area (Å²) in [5.74, 6) is 0.0944. The molecule has 124 valence electrons. The fourth-order valence-corrected chi connectivity index (χ4v) is 3.23. The summed E-state index contributed by atoms with van der Waals surface area (Å²) in [6.45, 7) is 4.41. The molecule has 0 unspecified atom stereocenters. The fourth-order valence-electron chi connectivity index (χ4n) is 3.02. The lowest BCUT2D eigenvalue weighted by Gasteiger charge is -2.32. The van der Waals surface area contributed by atoms with E-state index in [0.717, 1.165) is 24.1 Å². The number of rotatable bonds is 4. The van der Waals surface area contributed by atoms with Crippen LogP contribution in [0.5, 0.6) is 0 Å². The lowest BCUT2D eigenvalue weighted by atomic mass is 9.94. The molecule has 0 saturated carbocycles. The monoisotopic (exact) mass is 383 g/mol. The van der Waals surface area contributed by atoms with E-state index in [-0.39, 0.29) is 5.91 Å². The van der Waals surface area contributed by atoms with Crippen LogP contribution in [-0.2, 0) is 17.8 Å². The third kappa shape index (κ3) is 3.78. The van der Waals surface area contributed by atoms with E-state index in [9.17, 15) is 4.79 Å². The van der Waals surface area contributed by atoms with Crippen molar-refractivity contribution >= 4 is 27.9 Å². The average Bonchev–Trinajstić information content (AvgIpc) is 2.59. The Balaban J connectivity index is 1.96. The Morgan fingerprint density at radius 1 is 1.04 bits per heavy atom. The second-order valence-corrected chi connectivity index (χ2v) is 8.67. The van der Waals surface area contributed by atoms with Crippen LogP contribution >= 0.6 is 15.9 Å². The predicted octanol–water partition coefficient (Wildman–Crippen LogP) is 5.18. The number of allylic oxidation sites excluding steroid dienone is 1. The van der Waals surface area contributed by atoms with Crippen molar-refractivity contribution in [1.29, 1.82) is 0 Å². The first-order valence-corrected chi connectivity index (χ1v) is 9.08. The summed E-state index contributed by atoms with van der Waals surface area (Å²) in [5.41, 5.74) is 4.81. The van der Waals surface area contributed by atoms with Gasteiger partial charge in [0.2, 0.25) is 5.91 Å². The maximum Gasteiger partial charge on any atom is 0.243 e. The molecule has 0 atom stereocenters. The van der Waals surface area contributed by atoms with E-state index in [1.54, 1.807) is 0 Å². The van der Waals surface area contributed by atoms with Crippen LogP contribution in [-0.4, -0.2) is 15.1 Å². The molecule has 2 nitrogen and oxygen atoms in total. The van der Waals surface area contributed by atoms with Gasteiger partial charge < -0.3 is 4.90 Å². The third-order valence-corrected chi connectivity index (χ3v) is 4.65. The molecule has 0 saturated heterocycles. The lowest BCUT2D eigenvalue weighted by Crippen LogP contribution is -2.41. The molecular formula is C21H22BrNO. The normalized spacial score (nSPS) is 13.9. The Kier molecular flexibility index (Phi) is 4.91. The molecule has 1 aliphatic rings. The van der Waals surface area contributed by atoms with Gasteiger partial charge in [-0.3, -0.25) is 4.79 Å². The first-order chi connectivity index (χ1) is 11.4. The van der Waals surface area contributed by atoms with Gasteiger partial charge in [-0.05, 0) is 49.5 Å². The number of halogens is 1. The predicted molar refractivity (Wildman–Crippen MR) is 103 cm³/mol. The van der Waals surface area contributed by atoms with Gasteiger partial charge in [-0.15, -0.1) is 0 Å². The molecule has 2 aromatic carbocycles. The minimum atomic E-state index is -0.584. The number of benzene rings is 2. The topological polar surface area (TPSA) is 20.3 Å². The molecule has 0 aromatic heterocycles. The average molecular weight is 384 g/mol. The molecule has 3 rings (SSSR count). The van der Waals surface area contributed by atoms with Gasteiger partial charge in [-0.25, -0.2) is 0 Å². The van der Waals surface area contributed by atoms with E-state index < -0.39 is 4.32 Å². The van der Waals surface area contributed by atoms with Gasteiger partial charge in [0, 0.05) is 5.70 Å². The molecule has 0 spiro atoms. The van der Waals surface area contributed by atoms with Gasteiger partial charge in [0.05, 0.1) is 10.9 Å². The molecule has 3 heteroatoms. The molecule has 0 radical (unpaired) electrons. The Labute approximate surface area is 152 Å². The summed E-state index contributed by atoms with van der Waals surface area (Å²) >= 11 is 3.54. The van der Waals surface area contributed by atoms with E-state index in [2.05, 4.69) is 58.4 Å². The van der Waals surface area contributed by atoms with Crippen molar-refractivity contribution in [2.24, 2.45) is 0 Å². The fraction of sp³-hybridized carbons (Fsp3) is 0.286. The van der Waals surface area contributed by atoms with E-state index in [4.69, 9.17) is 0 Å². The van der Waals surface area contributed by atoms with Crippen molar-refractivity contribution in [2.45, 2.75) is 37.6 Å². The molecule has 1 amide bonds. The number of hydrogen-bond donors (Lipinski definition) is 0. The largest absolute Gasteiger partial charge is 0.311 e. The van der Waals surface area contributed by atoms with E-state index in [1.165, 1.54) is 11.1 Å².